The van der Waals surface area contributed by atoms with Crippen LogP contribution in [0.4, 0.5) is 11.4 Å². The summed E-state index contributed by atoms with van der Waals surface area (Å²) in [5.41, 5.74) is 8.04. The van der Waals surface area contributed by atoms with E-state index in [0.29, 0.717) is 27.7 Å². The summed E-state index contributed by atoms with van der Waals surface area (Å²) in [6.07, 6.45) is 0. The molecule has 0 heterocycles. The molecule has 104 valence electrons. The van der Waals surface area contributed by atoms with Crippen LogP contribution in [0.1, 0.15) is 15.9 Å². The number of anilines is 2. The number of carbonyl (C=O) groups is 1. The zero-order valence-corrected chi connectivity index (χ0v) is 12.0. The molecule has 2 aromatic rings. The van der Waals surface area contributed by atoms with E-state index in [0.717, 1.165) is 5.56 Å². The number of ether oxygens (including phenoxy) is 1. The van der Waals surface area contributed by atoms with Gasteiger partial charge in [-0.2, -0.15) is 0 Å². The summed E-state index contributed by atoms with van der Waals surface area (Å²) in [5.74, 6) is 0.293. The minimum atomic E-state index is -0.256. The summed E-state index contributed by atoms with van der Waals surface area (Å²) in [5, 5.41) is 3.34. The van der Waals surface area contributed by atoms with Crippen LogP contribution in [0.3, 0.4) is 0 Å². The first-order valence-corrected chi connectivity index (χ1v) is 6.40. The molecule has 0 saturated carbocycles. The zero-order chi connectivity index (χ0) is 14.7. The van der Waals surface area contributed by atoms with Crippen molar-refractivity contribution in [3.8, 4) is 5.75 Å². The van der Waals surface area contributed by atoms with Gasteiger partial charge in [-0.3, -0.25) is 4.79 Å². The SMILES string of the molecule is COc1ccc(N)cc1NC(=O)c1cccc(Cl)c1C. The summed E-state index contributed by atoms with van der Waals surface area (Å²) in [7, 11) is 1.53. The molecule has 20 heavy (non-hydrogen) atoms. The lowest BCUT2D eigenvalue weighted by Gasteiger charge is -2.12. The van der Waals surface area contributed by atoms with Crippen molar-refractivity contribution >= 4 is 28.9 Å². The van der Waals surface area contributed by atoms with Gasteiger partial charge in [-0.25, -0.2) is 0 Å². The Hall–Kier alpha value is -2.20. The number of nitrogen functional groups attached to an aromatic ring is 1. The molecule has 1 amide bonds. The van der Waals surface area contributed by atoms with Gasteiger partial charge in [0.2, 0.25) is 0 Å². The molecule has 2 rings (SSSR count). The maximum Gasteiger partial charge on any atom is 0.256 e. The second kappa shape index (κ2) is 5.84. The van der Waals surface area contributed by atoms with E-state index in [9.17, 15) is 4.79 Å². The largest absolute Gasteiger partial charge is 0.495 e. The number of halogens is 1. The van der Waals surface area contributed by atoms with E-state index in [1.54, 1.807) is 43.3 Å². The highest BCUT2D eigenvalue weighted by Crippen LogP contribution is 2.28. The number of rotatable bonds is 3. The molecular formula is C15H15ClN2O2. The van der Waals surface area contributed by atoms with Crippen LogP contribution in [0, 0.1) is 6.92 Å². The van der Waals surface area contributed by atoms with Crippen LogP contribution in [-0.2, 0) is 0 Å². The van der Waals surface area contributed by atoms with Crippen molar-refractivity contribution in [2.45, 2.75) is 6.92 Å². The Morgan fingerprint density at radius 3 is 2.75 bits per heavy atom. The quantitative estimate of drug-likeness (QED) is 0.851. The Morgan fingerprint density at radius 1 is 1.30 bits per heavy atom. The first kappa shape index (κ1) is 14.2. The Bertz CT molecular complexity index is 656. The number of benzene rings is 2. The van der Waals surface area contributed by atoms with Crippen LogP contribution in [0.25, 0.3) is 0 Å². The van der Waals surface area contributed by atoms with Crippen molar-refractivity contribution < 1.29 is 9.53 Å². The maximum absolute atomic E-state index is 12.3. The van der Waals surface area contributed by atoms with Crippen LogP contribution in [0.5, 0.6) is 5.75 Å². The van der Waals surface area contributed by atoms with E-state index in [2.05, 4.69) is 5.32 Å². The van der Waals surface area contributed by atoms with E-state index in [4.69, 9.17) is 22.1 Å². The maximum atomic E-state index is 12.3. The lowest BCUT2D eigenvalue weighted by molar-refractivity contribution is 0.102. The molecule has 0 saturated heterocycles. The van der Waals surface area contributed by atoms with Crippen molar-refractivity contribution in [1.29, 1.82) is 0 Å². The number of carbonyl (C=O) groups excluding carboxylic acids is 1. The number of nitrogens with two attached hydrogens (primary N) is 1. The summed E-state index contributed by atoms with van der Waals surface area (Å²) >= 11 is 6.02. The summed E-state index contributed by atoms with van der Waals surface area (Å²) in [6, 6.07) is 10.3. The number of amides is 1. The lowest BCUT2D eigenvalue weighted by Crippen LogP contribution is -2.14. The van der Waals surface area contributed by atoms with Crippen molar-refractivity contribution in [3.05, 3.63) is 52.5 Å². The van der Waals surface area contributed by atoms with Crippen LogP contribution in [-0.4, -0.2) is 13.0 Å². The minimum absolute atomic E-state index is 0.256. The van der Waals surface area contributed by atoms with E-state index >= 15 is 0 Å². The molecule has 0 atom stereocenters. The topological polar surface area (TPSA) is 64.3 Å². The molecule has 4 nitrogen and oxygen atoms in total. The van der Waals surface area contributed by atoms with Gasteiger partial charge in [-0.05, 0) is 42.8 Å². The molecule has 0 bridgehead atoms. The minimum Gasteiger partial charge on any atom is -0.495 e. The van der Waals surface area contributed by atoms with Gasteiger partial charge in [-0.1, -0.05) is 17.7 Å². The van der Waals surface area contributed by atoms with Crippen LogP contribution < -0.4 is 15.8 Å². The standard InChI is InChI=1S/C15H15ClN2O2/c1-9-11(4-3-5-12(9)16)15(19)18-13-8-10(17)6-7-14(13)20-2/h3-8H,17H2,1-2H3,(H,18,19). The molecule has 3 N–H and O–H groups in total. The predicted octanol–water partition coefficient (Wildman–Crippen LogP) is 3.49. The summed E-state index contributed by atoms with van der Waals surface area (Å²) < 4.78 is 5.19. The number of hydrogen-bond donors (Lipinski definition) is 2. The molecule has 5 heteroatoms. The molecule has 2 aromatic carbocycles. The van der Waals surface area contributed by atoms with E-state index in [1.165, 1.54) is 7.11 Å². The number of hydrogen-bond acceptors (Lipinski definition) is 3. The second-order valence-corrected chi connectivity index (χ2v) is 4.73. The van der Waals surface area contributed by atoms with Gasteiger partial charge < -0.3 is 15.8 Å². The highest BCUT2D eigenvalue weighted by molar-refractivity contribution is 6.32. The molecule has 0 radical (unpaired) electrons. The molecule has 0 spiro atoms. The van der Waals surface area contributed by atoms with Crippen molar-refractivity contribution in [1.82, 2.24) is 0 Å². The third-order valence-electron chi connectivity index (χ3n) is 2.98. The van der Waals surface area contributed by atoms with Crippen molar-refractivity contribution in [2.75, 3.05) is 18.2 Å². The Morgan fingerprint density at radius 2 is 2.05 bits per heavy atom. The fourth-order valence-corrected chi connectivity index (χ4v) is 2.04. The fourth-order valence-electron chi connectivity index (χ4n) is 1.87. The van der Waals surface area contributed by atoms with Gasteiger partial charge >= 0.3 is 0 Å². The highest BCUT2D eigenvalue weighted by Gasteiger charge is 2.13. The van der Waals surface area contributed by atoms with Crippen molar-refractivity contribution in [2.24, 2.45) is 0 Å². The molecule has 0 aliphatic carbocycles. The Balaban J connectivity index is 2.32. The van der Waals surface area contributed by atoms with Gasteiger partial charge in [0.25, 0.3) is 5.91 Å². The first-order chi connectivity index (χ1) is 9.52. The lowest BCUT2D eigenvalue weighted by atomic mass is 10.1. The monoisotopic (exact) mass is 290 g/mol. The molecule has 0 unspecified atom stereocenters. The average molecular weight is 291 g/mol. The fraction of sp³-hybridized carbons (Fsp3) is 0.133. The van der Waals surface area contributed by atoms with Crippen molar-refractivity contribution in [3.63, 3.8) is 0 Å². The normalized spacial score (nSPS) is 10.2. The van der Waals surface area contributed by atoms with E-state index in [1.807, 2.05) is 0 Å². The Kier molecular flexibility index (Phi) is 4.15. The Labute approximate surface area is 122 Å². The molecule has 0 fully saturated rings. The first-order valence-electron chi connectivity index (χ1n) is 6.03. The predicted molar refractivity (Wildman–Crippen MR) is 81.5 cm³/mol. The van der Waals surface area contributed by atoms with Crippen LogP contribution in [0.15, 0.2) is 36.4 Å². The third kappa shape index (κ3) is 2.86. The summed E-state index contributed by atoms with van der Waals surface area (Å²) in [4.78, 5) is 12.3. The molecule has 0 aliphatic rings. The van der Waals surface area contributed by atoms with Gasteiger partial charge in [0.15, 0.2) is 0 Å². The third-order valence-corrected chi connectivity index (χ3v) is 3.39. The summed E-state index contributed by atoms with van der Waals surface area (Å²) in [6.45, 7) is 1.80. The van der Waals surface area contributed by atoms with E-state index in [-0.39, 0.29) is 5.91 Å². The van der Waals surface area contributed by atoms with Gasteiger partial charge in [0, 0.05) is 16.3 Å². The van der Waals surface area contributed by atoms with Crippen LogP contribution in [0.2, 0.25) is 5.02 Å². The zero-order valence-electron chi connectivity index (χ0n) is 11.2. The highest BCUT2D eigenvalue weighted by atomic mass is 35.5. The van der Waals surface area contributed by atoms with Crippen LogP contribution >= 0.6 is 11.6 Å². The smallest absolute Gasteiger partial charge is 0.256 e. The number of nitrogens with one attached hydrogen (secondary N) is 1. The molecule has 0 aliphatic heterocycles. The molecule has 0 aromatic heterocycles. The van der Waals surface area contributed by atoms with Gasteiger partial charge in [0.05, 0.1) is 12.8 Å². The average Bonchev–Trinajstić information content (AvgIpc) is 2.42. The van der Waals surface area contributed by atoms with Gasteiger partial charge in [0.1, 0.15) is 5.75 Å². The second-order valence-electron chi connectivity index (χ2n) is 4.33. The van der Waals surface area contributed by atoms with Gasteiger partial charge in [-0.15, -0.1) is 0 Å². The number of methoxy groups -OCH3 is 1. The van der Waals surface area contributed by atoms with E-state index < -0.39 is 0 Å². The molecular weight excluding hydrogens is 276 g/mol.